The molecule has 0 radical (unpaired) electrons. The summed E-state index contributed by atoms with van der Waals surface area (Å²) in [5, 5.41) is 1.21. The quantitative estimate of drug-likeness (QED) is 0.524. The molecular formula is C20H21N3S. The van der Waals surface area contributed by atoms with Crippen LogP contribution in [-0.4, -0.2) is 15.0 Å². The second-order valence-corrected chi connectivity index (χ2v) is 7.89. The first kappa shape index (κ1) is 15.3. The molecule has 0 bridgehead atoms. The van der Waals surface area contributed by atoms with E-state index in [2.05, 4.69) is 67.1 Å². The van der Waals surface area contributed by atoms with Crippen molar-refractivity contribution >= 4 is 32.6 Å². The van der Waals surface area contributed by atoms with Crippen molar-refractivity contribution in [3.8, 4) is 0 Å². The fourth-order valence-corrected chi connectivity index (χ4v) is 4.22. The third-order valence-electron chi connectivity index (χ3n) is 4.62. The topological polar surface area (TPSA) is 41.6 Å². The van der Waals surface area contributed by atoms with Crippen LogP contribution in [0.25, 0.3) is 21.3 Å². The van der Waals surface area contributed by atoms with Crippen molar-refractivity contribution in [2.75, 3.05) is 0 Å². The van der Waals surface area contributed by atoms with Gasteiger partial charge in [0.15, 0.2) is 0 Å². The average molecular weight is 335 g/mol. The number of aromatic amines is 1. The molecule has 0 aliphatic carbocycles. The highest BCUT2D eigenvalue weighted by molar-refractivity contribution is 7.18. The van der Waals surface area contributed by atoms with E-state index in [4.69, 9.17) is 4.98 Å². The van der Waals surface area contributed by atoms with Gasteiger partial charge in [-0.05, 0) is 47.2 Å². The Bertz CT molecular complexity index is 996. The molecular weight excluding hydrogens is 314 g/mol. The Morgan fingerprint density at radius 3 is 2.62 bits per heavy atom. The third-order valence-corrected chi connectivity index (χ3v) is 5.66. The molecule has 0 aliphatic heterocycles. The molecule has 2 aromatic heterocycles. The summed E-state index contributed by atoms with van der Waals surface area (Å²) in [4.78, 5) is 12.3. The number of aromatic nitrogens is 3. The highest BCUT2D eigenvalue weighted by Crippen LogP contribution is 2.30. The lowest BCUT2D eigenvalue weighted by Crippen LogP contribution is -1.98. The van der Waals surface area contributed by atoms with E-state index in [1.807, 2.05) is 11.3 Å². The van der Waals surface area contributed by atoms with Gasteiger partial charge in [-0.1, -0.05) is 32.9 Å². The van der Waals surface area contributed by atoms with Crippen molar-refractivity contribution in [2.45, 2.75) is 39.0 Å². The number of fused-ring (bicyclic) bond motifs is 2. The highest BCUT2D eigenvalue weighted by atomic mass is 32.1. The van der Waals surface area contributed by atoms with Crippen molar-refractivity contribution in [3.05, 3.63) is 58.9 Å². The first-order valence-corrected chi connectivity index (χ1v) is 9.24. The Kier molecular flexibility index (Phi) is 3.85. The molecule has 122 valence electrons. The highest BCUT2D eigenvalue weighted by Gasteiger charge is 2.12. The van der Waals surface area contributed by atoms with Crippen LogP contribution in [0.2, 0.25) is 0 Å². The summed E-state index contributed by atoms with van der Waals surface area (Å²) in [6.07, 6.45) is 2.72. The number of hydrogen-bond acceptors (Lipinski definition) is 3. The van der Waals surface area contributed by atoms with Gasteiger partial charge >= 0.3 is 0 Å². The second kappa shape index (κ2) is 6.02. The van der Waals surface area contributed by atoms with Crippen LogP contribution in [0.1, 0.15) is 48.7 Å². The first-order valence-electron chi connectivity index (χ1n) is 8.42. The Hall–Kier alpha value is -2.20. The molecule has 1 unspecified atom stereocenters. The summed E-state index contributed by atoms with van der Waals surface area (Å²) < 4.78 is 1.30. The van der Waals surface area contributed by atoms with Gasteiger partial charge in [-0.25, -0.2) is 9.97 Å². The molecule has 0 spiro atoms. The predicted octanol–water partition coefficient (Wildman–Crippen LogP) is 5.64. The van der Waals surface area contributed by atoms with Gasteiger partial charge in [-0.2, -0.15) is 0 Å². The van der Waals surface area contributed by atoms with Crippen LogP contribution >= 0.6 is 11.3 Å². The van der Waals surface area contributed by atoms with Gasteiger partial charge in [0.2, 0.25) is 0 Å². The first-order chi connectivity index (χ1) is 11.6. The largest absolute Gasteiger partial charge is 0.345 e. The standard InChI is InChI=1S/C20H21N3S/c1-12(2)14-4-7-17-19(10-14)24-20(23-17)8-13(3)15-5-6-16-18(9-15)22-11-21-16/h4-7,9-13H,8H2,1-3H3,(H,21,22). The van der Waals surface area contributed by atoms with Crippen molar-refractivity contribution in [3.63, 3.8) is 0 Å². The van der Waals surface area contributed by atoms with E-state index in [0.717, 1.165) is 23.0 Å². The van der Waals surface area contributed by atoms with Crippen LogP contribution in [0, 0.1) is 0 Å². The minimum absolute atomic E-state index is 0.433. The van der Waals surface area contributed by atoms with Gasteiger partial charge < -0.3 is 4.98 Å². The maximum atomic E-state index is 4.83. The van der Waals surface area contributed by atoms with Crippen LogP contribution in [0.5, 0.6) is 0 Å². The molecule has 4 heteroatoms. The van der Waals surface area contributed by atoms with E-state index >= 15 is 0 Å². The Labute approximate surface area is 145 Å². The number of H-pyrrole nitrogens is 1. The molecule has 0 amide bonds. The van der Waals surface area contributed by atoms with Gasteiger partial charge in [-0.15, -0.1) is 11.3 Å². The monoisotopic (exact) mass is 335 g/mol. The maximum Gasteiger partial charge on any atom is 0.0944 e. The smallest absolute Gasteiger partial charge is 0.0944 e. The lowest BCUT2D eigenvalue weighted by molar-refractivity contribution is 0.757. The summed E-state index contributed by atoms with van der Waals surface area (Å²) >= 11 is 1.83. The van der Waals surface area contributed by atoms with Gasteiger partial charge in [0, 0.05) is 6.42 Å². The van der Waals surface area contributed by atoms with Crippen molar-refractivity contribution in [2.24, 2.45) is 0 Å². The van der Waals surface area contributed by atoms with E-state index in [1.165, 1.54) is 20.8 Å². The van der Waals surface area contributed by atoms with E-state index in [1.54, 1.807) is 6.33 Å². The fraction of sp³-hybridized carbons (Fsp3) is 0.300. The molecule has 4 aromatic rings. The SMILES string of the molecule is CC(C)c1ccc2nc(CC(C)c3ccc4nc[nH]c4c3)sc2c1. The zero-order valence-electron chi connectivity index (χ0n) is 14.2. The number of imidazole rings is 1. The molecule has 0 aliphatic rings. The number of nitrogens with one attached hydrogen (secondary N) is 1. The predicted molar refractivity (Wildman–Crippen MR) is 102 cm³/mol. The molecule has 2 heterocycles. The number of thiazole rings is 1. The lowest BCUT2D eigenvalue weighted by Gasteiger charge is -2.09. The van der Waals surface area contributed by atoms with Crippen molar-refractivity contribution < 1.29 is 0 Å². The molecule has 3 nitrogen and oxygen atoms in total. The molecule has 2 aromatic carbocycles. The Balaban J connectivity index is 1.60. The lowest BCUT2D eigenvalue weighted by atomic mass is 9.98. The molecule has 0 saturated carbocycles. The van der Waals surface area contributed by atoms with Gasteiger partial charge in [0.1, 0.15) is 0 Å². The molecule has 0 fully saturated rings. The minimum atomic E-state index is 0.433. The van der Waals surface area contributed by atoms with Crippen LogP contribution in [0.3, 0.4) is 0 Å². The van der Waals surface area contributed by atoms with Gasteiger partial charge in [-0.3, -0.25) is 0 Å². The Morgan fingerprint density at radius 1 is 1.00 bits per heavy atom. The van der Waals surface area contributed by atoms with E-state index in [-0.39, 0.29) is 0 Å². The summed E-state index contributed by atoms with van der Waals surface area (Å²) in [6, 6.07) is 13.1. The third kappa shape index (κ3) is 2.82. The van der Waals surface area contributed by atoms with E-state index in [0.29, 0.717) is 11.8 Å². The molecule has 4 rings (SSSR count). The zero-order chi connectivity index (χ0) is 16.7. The van der Waals surface area contributed by atoms with Crippen LogP contribution < -0.4 is 0 Å². The minimum Gasteiger partial charge on any atom is -0.345 e. The summed E-state index contributed by atoms with van der Waals surface area (Å²) in [7, 11) is 0. The van der Waals surface area contributed by atoms with Gasteiger partial charge in [0.25, 0.3) is 0 Å². The van der Waals surface area contributed by atoms with Crippen molar-refractivity contribution in [1.82, 2.24) is 15.0 Å². The van der Waals surface area contributed by atoms with Crippen LogP contribution in [0.15, 0.2) is 42.7 Å². The normalized spacial score (nSPS) is 13.2. The van der Waals surface area contributed by atoms with Crippen LogP contribution in [-0.2, 0) is 6.42 Å². The second-order valence-electron chi connectivity index (χ2n) is 6.77. The summed E-state index contributed by atoms with van der Waals surface area (Å²) in [5.74, 6) is 0.989. The average Bonchev–Trinajstić information content (AvgIpc) is 3.18. The molecule has 24 heavy (non-hydrogen) atoms. The van der Waals surface area contributed by atoms with Crippen molar-refractivity contribution in [1.29, 1.82) is 0 Å². The fourth-order valence-electron chi connectivity index (χ4n) is 3.07. The maximum absolute atomic E-state index is 4.83. The number of hydrogen-bond donors (Lipinski definition) is 1. The van der Waals surface area contributed by atoms with E-state index < -0.39 is 0 Å². The van der Waals surface area contributed by atoms with Crippen LogP contribution in [0.4, 0.5) is 0 Å². The summed E-state index contributed by atoms with van der Waals surface area (Å²) in [6.45, 7) is 6.73. The molecule has 1 atom stereocenters. The van der Waals surface area contributed by atoms with Gasteiger partial charge in [0.05, 0.1) is 32.6 Å². The summed E-state index contributed by atoms with van der Waals surface area (Å²) in [5.41, 5.74) is 5.96. The number of nitrogens with zero attached hydrogens (tertiary/aromatic N) is 2. The number of benzene rings is 2. The van der Waals surface area contributed by atoms with E-state index in [9.17, 15) is 0 Å². The molecule has 1 N–H and O–H groups in total. The molecule has 0 saturated heterocycles. The number of rotatable bonds is 4. The zero-order valence-corrected chi connectivity index (χ0v) is 15.0. The Morgan fingerprint density at radius 2 is 1.79 bits per heavy atom.